The number of rotatable bonds is 8. The summed E-state index contributed by atoms with van der Waals surface area (Å²) in [6.45, 7) is 7.42. The van der Waals surface area contributed by atoms with Gasteiger partial charge >= 0.3 is 0 Å². The van der Waals surface area contributed by atoms with Crippen LogP contribution in [0.1, 0.15) is 38.5 Å². The maximum absolute atomic E-state index is 6.04. The Morgan fingerprint density at radius 1 is 1.03 bits per heavy atom. The molecule has 1 saturated heterocycles. The van der Waals surface area contributed by atoms with Gasteiger partial charge in [-0.3, -0.25) is 9.89 Å². The largest absolute Gasteiger partial charge is 0.376 e. The van der Waals surface area contributed by atoms with Crippen molar-refractivity contribution in [2.45, 2.75) is 44.6 Å². The number of nitrogens with one attached hydrogen (secondary N) is 2. The molecule has 1 aliphatic heterocycles. The van der Waals surface area contributed by atoms with Crippen molar-refractivity contribution in [1.82, 2.24) is 25.5 Å². The molecule has 30 heavy (non-hydrogen) atoms. The summed E-state index contributed by atoms with van der Waals surface area (Å²) in [6, 6.07) is 1.86. The topological polar surface area (TPSA) is 77.9 Å². The van der Waals surface area contributed by atoms with Crippen molar-refractivity contribution in [2.75, 3.05) is 64.4 Å². The number of aliphatic imine (C=N–C) groups is 1. The van der Waals surface area contributed by atoms with Crippen molar-refractivity contribution in [3.63, 3.8) is 0 Å². The van der Waals surface area contributed by atoms with Crippen LogP contribution in [0.2, 0.25) is 0 Å². The van der Waals surface area contributed by atoms with Crippen LogP contribution in [-0.2, 0) is 4.74 Å². The Kier molecular flexibility index (Phi) is 12.3. The average Bonchev–Trinajstić information content (AvgIpc) is 3.05. The van der Waals surface area contributed by atoms with E-state index < -0.39 is 0 Å². The minimum Gasteiger partial charge on any atom is -0.376 e. The molecule has 2 N–H and O–H groups in total. The lowest BCUT2D eigenvalue weighted by Crippen LogP contribution is -2.49. The predicted octanol–water partition coefficient (Wildman–Crippen LogP) is 2.12. The molecule has 9 heteroatoms. The molecule has 0 bridgehead atoms. The Morgan fingerprint density at radius 2 is 1.70 bits per heavy atom. The van der Waals surface area contributed by atoms with Crippen LogP contribution in [0.5, 0.6) is 0 Å². The molecule has 0 amide bonds. The van der Waals surface area contributed by atoms with E-state index in [1.165, 1.54) is 38.5 Å². The lowest BCUT2D eigenvalue weighted by Gasteiger charge is -2.34. The Morgan fingerprint density at radius 3 is 2.37 bits per heavy atom. The van der Waals surface area contributed by atoms with Gasteiger partial charge in [-0.05, 0) is 18.9 Å². The number of halogens is 1. The summed E-state index contributed by atoms with van der Waals surface area (Å²) in [7, 11) is 1.82. The van der Waals surface area contributed by atoms with Crippen LogP contribution in [0.15, 0.2) is 23.5 Å². The fourth-order valence-electron chi connectivity index (χ4n) is 3.98. The van der Waals surface area contributed by atoms with E-state index in [0.29, 0.717) is 6.10 Å². The highest BCUT2D eigenvalue weighted by atomic mass is 127. The molecular weight excluding hydrogens is 493 g/mol. The molecule has 1 aliphatic carbocycles. The average molecular weight is 531 g/mol. The van der Waals surface area contributed by atoms with Gasteiger partial charge in [0, 0.05) is 65.3 Å². The normalized spacial score (nSPS) is 19.1. The zero-order valence-corrected chi connectivity index (χ0v) is 20.6. The molecule has 1 aromatic rings. The molecular formula is C21H38IN7O. The van der Waals surface area contributed by atoms with Gasteiger partial charge in [0.1, 0.15) is 0 Å². The van der Waals surface area contributed by atoms with E-state index in [1.807, 2.05) is 13.1 Å². The molecule has 3 rings (SSSR count). The third-order valence-electron chi connectivity index (χ3n) is 5.70. The van der Waals surface area contributed by atoms with E-state index in [0.717, 1.165) is 64.3 Å². The highest BCUT2D eigenvalue weighted by Gasteiger charge is 2.18. The van der Waals surface area contributed by atoms with Gasteiger partial charge in [0.05, 0.1) is 12.7 Å². The van der Waals surface area contributed by atoms with Gasteiger partial charge in [-0.25, -0.2) is 9.97 Å². The van der Waals surface area contributed by atoms with Gasteiger partial charge in [0.25, 0.3) is 0 Å². The first kappa shape index (κ1) is 25.1. The summed E-state index contributed by atoms with van der Waals surface area (Å²) in [5.41, 5.74) is 0. The molecule has 0 radical (unpaired) electrons. The first-order chi connectivity index (χ1) is 14.3. The quantitative estimate of drug-likeness (QED) is 0.175. The summed E-state index contributed by atoms with van der Waals surface area (Å²) in [4.78, 5) is 17.7. The highest BCUT2D eigenvalue weighted by molar-refractivity contribution is 14.0. The zero-order valence-electron chi connectivity index (χ0n) is 18.3. The molecule has 8 nitrogen and oxygen atoms in total. The second kappa shape index (κ2) is 14.7. The monoisotopic (exact) mass is 531 g/mol. The Bertz CT molecular complexity index is 588. The van der Waals surface area contributed by atoms with Crippen molar-refractivity contribution >= 4 is 35.9 Å². The second-order valence-electron chi connectivity index (χ2n) is 7.79. The molecule has 1 saturated carbocycles. The molecule has 0 unspecified atom stereocenters. The smallest absolute Gasteiger partial charge is 0.225 e. The minimum atomic E-state index is 0. The number of ether oxygens (including phenoxy) is 1. The molecule has 170 valence electrons. The van der Waals surface area contributed by atoms with Crippen LogP contribution >= 0.6 is 24.0 Å². The van der Waals surface area contributed by atoms with Crippen LogP contribution in [0.3, 0.4) is 0 Å². The predicted molar refractivity (Wildman–Crippen MR) is 133 cm³/mol. The third kappa shape index (κ3) is 8.89. The van der Waals surface area contributed by atoms with E-state index in [4.69, 9.17) is 4.74 Å². The number of piperazine rings is 1. The molecule has 0 atom stereocenters. The molecule has 2 aliphatic rings. The number of anilines is 1. The van der Waals surface area contributed by atoms with Gasteiger partial charge in [0.15, 0.2) is 5.96 Å². The van der Waals surface area contributed by atoms with E-state index in [-0.39, 0.29) is 24.0 Å². The molecule has 1 aromatic heterocycles. The van der Waals surface area contributed by atoms with Crippen LogP contribution < -0.4 is 15.5 Å². The first-order valence-electron chi connectivity index (χ1n) is 11.2. The number of hydrogen-bond acceptors (Lipinski definition) is 6. The summed E-state index contributed by atoms with van der Waals surface area (Å²) in [5.74, 6) is 1.69. The Labute approximate surface area is 198 Å². The molecule has 0 spiro atoms. The van der Waals surface area contributed by atoms with Crippen molar-refractivity contribution in [3.8, 4) is 0 Å². The second-order valence-corrected chi connectivity index (χ2v) is 7.79. The van der Waals surface area contributed by atoms with Gasteiger partial charge < -0.3 is 20.3 Å². The zero-order chi connectivity index (χ0) is 20.2. The molecule has 0 aromatic carbocycles. The number of hydrogen-bond donors (Lipinski definition) is 2. The lowest BCUT2D eigenvalue weighted by atomic mass is 10.1. The van der Waals surface area contributed by atoms with Crippen molar-refractivity contribution in [3.05, 3.63) is 18.5 Å². The van der Waals surface area contributed by atoms with E-state index in [2.05, 4.69) is 35.4 Å². The lowest BCUT2D eigenvalue weighted by molar-refractivity contribution is 0.0468. The maximum Gasteiger partial charge on any atom is 0.225 e. The Hall–Kier alpha value is -1.20. The first-order valence-corrected chi connectivity index (χ1v) is 11.2. The van der Waals surface area contributed by atoms with E-state index in [1.54, 1.807) is 12.4 Å². The van der Waals surface area contributed by atoms with Crippen molar-refractivity contribution < 1.29 is 4.74 Å². The molecule has 2 fully saturated rings. The van der Waals surface area contributed by atoms with Crippen molar-refractivity contribution in [1.29, 1.82) is 0 Å². The number of nitrogens with zero attached hydrogens (tertiary/aromatic N) is 5. The van der Waals surface area contributed by atoms with Crippen LogP contribution in [0.25, 0.3) is 0 Å². The summed E-state index contributed by atoms with van der Waals surface area (Å²) in [5, 5.41) is 6.77. The van der Waals surface area contributed by atoms with Crippen molar-refractivity contribution in [2.24, 2.45) is 4.99 Å². The summed E-state index contributed by atoms with van der Waals surface area (Å²) >= 11 is 0. The van der Waals surface area contributed by atoms with E-state index >= 15 is 0 Å². The van der Waals surface area contributed by atoms with Gasteiger partial charge in [-0.1, -0.05) is 25.7 Å². The Balaban J connectivity index is 0.00000320. The molecule has 2 heterocycles. The SMILES string of the molecule is CN=C(NCCOC1CCCCCC1)NCCN1CCN(c2ncccn2)CC1.I. The van der Waals surface area contributed by atoms with Gasteiger partial charge in [-0.2, -0.15) is 0 Å². The third-order valence-corrected chi connectivity index (χ3v) is 5.70. The number of aromatic nitrogens is 2. The fourth-order valence-corrected chi connectivity index (χ4v) is 3.98. The van der Waals surface area contributed by atoms with Crippen LogP contribution in [-0.4, -0.2) is 86.4 Å². The number of guanidine groups is 1. The highest BCUT2D eigenvalue weighted by Crippen LogP contribution is 2.19. The van der Waals surface area contributed by atoms with Gasteiger partial charge in [0.2, 0.25) is 5.95 Å². The van der Waals surface area contributed by atoms with Gasteiger partial charge in [-0.15, -0.1) is 24.0 Å². The maximum atomic E-state index is 6.04. The summed E-state index contributed by atoms with van der Waals surface area (Å²) in [6.07, 6.45) is 11.9. The van der Waals surface area contributed by atoms with E-state index in [9.17, 15) is 0 Å². The standard InChI is InChI=1S/C21H37N7O.HI/c1-22-20(24-12-18-29-19-7-4-2-3-5-8-19)23-11-13-27-14-16-28(17-15-27)21-25-9-6-10-26-21;/h6,9-10,19H,2-5,7-8,11-18H2,1H3,(H2,22,23,24);1H. The van der Waals surface area contributed by atoms with Crippen LogP contribution in [0.4, 0.5) is 5.95 Å². The summed E-state index contributed by atoms with van der Waals surface area (Å²) < 4.78 is 6.04. The fraction of sp³-hybridized carbons (Fsp3) is 0.762. The van der Waals surface area contributed by atoms with Crippen LogP contribution in [0, 0.1) is 0 Å². The minimum absolute atomic E-state index is 0.